The van der Waals surface area contributed by atoms with Crippen LogP contribution in [0, 0.1) is 0 Å². The molecule has 0 spiro atoms. The van der Waals surface area contributed by atoms with E-state index in [0.29, 0.717) is 6.54 Å². The maximum atomic E-state index is 11.9. The van der Waals surface area contributed by atoms with Gasteiger partial charge in [0.25, 0.3) is 0 Å². The number of benzene rings is 1. The molecule has 17 heavy (non-hydrogen) atoms. The van der Waals surface area contributed by atoms with Crippen LogP contribution in [-0.2, 0) is 16.6 Å². The summed E-state index contributed by atoms with van der Waals surface area (Å²) in [5.41, 5.74) is 0.899. The second-order valence-electron chi connectivity index (χ2n) is 3.92. The van der Waals surface area contributed by atoms with E-state index >= 15 is 0 Å². The molecular weight excluding hydrogens is 306 g/mol. The first-order valence-corrected chi connectivity index (χ1v) is 7.48. The molecule has 4 nitrogen and oxygen atoms in total. The van der Waals surface area contributed by atoms with Crippen LogP contribution in [-0.4, -0.2) is 36.7 Å². The third kappa shape index (κ3) is 3.77. The van der Waals surface area contributed by atoms with E-state index in [9.17, 15) is 8.42 Å². The predicted molar refractivity (Wildman–Crippen MR) is 71.1 cm³/mol. The Kier molecular flexibility index (Phi) is 5.12. The highest BCUT2D eigenvalue weighted by molar-refractivity contribution is 9.10. The maximum absolute atomic E-state index is 11.9. The minimum atomic E-state index is -3.43. The van der Waals surface area contributed by atoms with Crippen LogP contribution >= 0.6 is 15.9 Å². The fourth-order valence-electron chi connectivity index (χ4n) is 1.38. The number of nitrogens with zero attached hydrogens (tertiary/aromatic N) is 1. The number of sulfonamides is 1. The molecule has 0 saturated heterocycles. The first-order valence-electron chi connectivity index (χ1n) is 5.18. The van der Waals surface area contributed by atoms with Gasteiger partial charge in [-0.1, -0.05) is 28.1 Å². The number of rotatable bonds is 5. The summed E-state index contributed by atoms with van der Waals surface area (Å²) in [7, 11) is -1.92. The lowest BCUT2D eigenvalue weighted by Crippen LogP contribution is -2.36. The smallest absolute Gasteiger partial charge is 0.219 e. The van der Waals surface area contributed by atoms with Crippen LogP contribution in [0.2, 0.25) is 0 Å². The Balaban J connectivity index is 2.83. The predicted octanol–water partition coefficient (Wildman–Crippen LogP) is 1.59. The minimum absolute atomic E-state index is 0.298. The number of halogens is 1. The highest BCUT2D eigenvalue weighted by atomic mass is 79.9. The van der Waals surface area contributed by atoms with E-state index in [1.165, 1.54) is 18.3 Å². The molecule has 1 rings (SSSR count). The van der Waals surface area contributed by atoms with Gasteiger partial charge in [-0.2, -0.15) is 0 Å². The molecule has 0 aliphatic carbocycles. The molecule has 6 heteroatoms. The van der Waals surface area contributed by atoms with Crippen molar-refractivity contribution >= 4 is 26.0 Å². The van der Waals surface area contributed by atoms with Gasteiger partial charge in [-0.3, -0.25) is 0 Å². The van der Waals surface area contributed by atoms with Crippen LogP contribution < -0.4 is 0 Å². The van der Waals surface area contributed by atoms with Gasteiger partial charge in [0, 0.05) is 18.1 Å². The van der Waals surface area contributed by atoms with Crippen molar-refractivity contribution in [3.05, 3.63) is 34.3 Å². The van der Waals surface area contributed by atoms with Crippen molar-refractivity contribution in [2.24, 2.45) is 0 Å². The van der Waals surface area contributed by atoms with E-state index in [-0.39, 0.29) is 6.61 Å². The van der Waals surface area contributed by atoms with Gasteiger partial charge in [0.2, 0.25) is 10.0 Å². The Morgan fingerprint density at radius 1 is 1.47 bits per heavy atom. The zero-order valence-electron chi connectivity index (χ0n) is 9.80. The number of hydrogen-bond donors (Lipinski definition) is 1. The maximum Gasteiger partial charge on any atom is 0.219 e. The molecule has 1 N–H and O–H groups in total. The van der Waals surface area contributed by atoms with Crippen LogP contribution in [0.5, 0.6) is 0 Å². The molecule has 0 aromatic heterocycles. The van der Waals surface area contributed by atoms with Crippen molar-refractivity contribution in [1.82, 2.24) is 4.31 Å². The van der Waals surface area contributed by atoms with E-state index in [1.54, 1.807) is 0 Å². The molecule has 0 aliphatic heterocycles. The van der Waals surface area contributed by atoms with Crippen LogP contribution in [0.3, 0.4) is 0 Å². The minimum Gasteiger partial charge on any atom is -0.395 e. The molecule has 1 aromatic rings. The van der Waals surface area contributed by atoms with E-state index in [2.05, 4.69) is 15.9 Å². The molecular formula is C11H16BrNO3S. The Bertz CT molecular complexity index is 475. The molecule has 1 aromatic carbocycles. The average molecular weight is 322 g/mol. The summed E-state index contributed by atoms with van der Waals surface area (Å²) >= 11 is 3.34. The third-order valence-corrected chi connectivity index (χ3v) is 5.15. The molecule has 1 atom stereocenters. The second-order valence-corrected chi connectivity index (χ2v) is 7.30. The SMILES string of the molecule is CC(CO)S(=O)(=O)N(C)Cc1cccc(Br)c1. The van der Waals surface area contributed by atoms with Crippen LogP contribution in [0.25, 0.3) is 0 Å². The van der Waals surface area contributed by atoms with Gasteiger partial charge in [-0.05, 0) is 24.6 Å². The summed E-state index contributed by atoms with van der Waals surface area (Å²) in [6.45, 7) is 1.42. The molecule has 96 valence electrons. The second kappa shape index (κ2) is 5.95. The summed E-state index contributed by atoms with van der Waals surface area (Å²) < 4.78 is 26.0. The van der Waals surface area contributed by atoms with Crippen LogP contribution in [0.4, 0.5) is 0 Å². The zero-order valence-corrected chi connectivity index (χ0v) is 12.2. The highest BCUT2D eigenvalue weighted by Gasteiger charge is 2.25. The molecule has 0 aliphatic rings. The lowest BCUT2D eigenvalue weighted by molar-refractivity contribution is 0.290. The van der Waals surface area contributed by atoms with Crippen molar-refractivity contribution in [3.8, 4) is 0 Å². The van der Waals surface area contributed by atoms with Gasteiger partial charge in [0.05, 0.1) is 11.9 Å². The fourth-order valence-corrected chi connectivity index (χ4v) is 2.96. The normalized spacial score (nSPS) is 13.9. The number of hydrogen-bond acceptors (Lipinski definition) is 3. The Hall–Kier alpha value is -0.430. The van der Waals surface area contributed by atoms with Crippen molar-refractivity contribution in [1.29, 1.82) is 0 Å². The first kappa shape index (κ1) is 14.6. The van der Waals surface area contributed by atoms with Gasteiger partial charge in [-0.15, -0.1) is 0 Å². The number of aliphatic hydroxyl groups is 1. The largest absolute Gasteiger partial charge is 0.395 e. The number of aliphatic hydroxyl groups excluding tert-OH is 1. The van der Waals surface area contributed by atoms with Gasteiger partial charge < -0.3 is 5.11 Å². The quantitative estimate of drug-likeness (QED) is 0.896. The lowest BCUT2D eigenvalue weighted by Gasteiger charge is -2.20. The molecule has 0 amide bonds. The van der Waals surface area contributed by atoms with Crippen molar-refractivity contribution in [2.75, 3.05) is 13.7 Å². The van der Waals surface area contributed by atoms with Gasteiger partial charge >= 0.3 is 0 Å². The Morgan fingerprint density at radius 3 is 2.65 bits per heavy atom. The summed E-state index contributed by atoms with van der Waals surface area (Å²) in [5.74, 6) is 0. The standard InChI is InChI=1S/C11H16BrNO3S/c1-9(8-14)17(15,16)13(2)7-10-4-3-5-11(12)6-10/h3-6,9,14H,7-8H2,1-2H3. The lowest BCUT2D eigenvalue weighted by atomic mass is 10.2. The summed E-state index contributed by atoms with van der Waals surface area (Å²) in [6, 6.07) is 7.47. The highest BCUT2D eigenvalue weighted by Crippen LogP contribution is 2.15. The van der Waals surface area contributed by atoms with Crippen LogP contribution in [0.15, 0.2) is 28.7 Å². The van der Waals surface area contributed by atoms with Crippen molar-refractivity contribution in [2.45, 2.75) is 18.7 Å². The summed E-state index contributed by atoms with van der Waals surface area (Å²) in [5, 5.41) is 8.14. The van der Waals surface area contributed by atoms with Crippen molar-refractivity contribution in [3.63, 3.8) is 0 Å². The van der Waals surface area contributed by atoms with Gasteiger partial charge in [0.15, 0.2) is 0 Å². The van der Waals surface area contributed by atoms with E-state index in [4.69, 9.17) is 5.11 Å². The monoisotopic (exact) mass is 321 g/mol. The van der Waals surface area contributed by atoms with E-state index in [0.717, 1.165) is 10.0 Å². The molecule has 0 saturated carbocycles. The van der Waals surface area contributed by atoms with E-state index in [1.807, 2.05) is 24.3 Å². The van der Waals surface area contributed by atoms with Gasteiger partial charge in [-0.25, -0.2) is 12.7 Å². The first-order chi connectivity index (χ1) is 7.87. The Labute approximate surface area is 110 Å². The molecule has 0 heterocycles. The zero-order chi connectivity index (χ0) is 13.1. The van der Waals surface area contributed by atoms with Crippen molar-refractivity contribution < 1.29 is 13.5 Å². The van der Waals surface area contributed by atoms with Gasteiger partial charge in [0.1, 0.15) is 0 Å². The summed E-state index contributed by atoms with van der Waals surface area (Å²) in [4.78, 5) is 0. The third-order valence-electron chi connectivity index (χ3n) is 2.49. The van der Waals surface area contributed by atoms with E-state index < -0.39 is 15.3 Å². The average Bonchev–Trinajstić information content (AvgIpc) is 2.27. The molecule has 0 radical (unpaired) electrons. The molecule has 0 bridgehead atoms. The topological polar surface area (TPSA) is 57.6 Å². The molecule has 0 fully saturated rings. The molecule has 1 unspecified atom stereocenters. The Morgan fingerprint density at radius 2 is 2.12 bits per heavy atom. The van der Waals surface area contributed by atoms with Crippen LogP contribution in [0.1, 0.15) is 12.5 Å². The summed E-state index contributed by atoms with van der Waals surface area (Å²) in [6.07, 6.45) is 0. The fraction of sp³-hybridized carbons (Fsp3) is 0.455.